The molecule has 0 unspecified atom stereocenters. The minimum Gasteiger partial charge on any atom is -0.706 e. The van der Waals surface area contributed by atoms with Crippen molar-refractivity contribution in [1.29, 1.82) is 0 Å². The van der Waals surface area contributed by atoms with Gasteiger partial charge in [-0.15, -0.1) is 0 Å². The van der Waals surface area contributed by atoms with E-state index in [0.29, 0.717) is 22.7 Å². The van der Waals surface area contributed by atoms with Gasteiger partial charge in [-0.25, -0.2) is 5.32 Å². The van der Waals surface area contributed by atoms with E-state index in [1.165, 1.54) is 0 Å². The van der Waals surface area contributed by atoms with Crippen LogP contribution in [0.5, 0.6) is 0 Å². The molecule has 0 radical (unpaired) electrons. The van der Waals surface area contributed by atoms with E-state index in [4.69, 9.17) is 8.83 Å². The van der Waals surface area contributed by atoms with Gasteiger partial charge in [0.1, 0.15) is 0 Å². The lowest BCUT2D eigenvalue weighted by Gasteiger charge is -1.99. The Balaban J connectivity index is 2.39. The summed E-state index contributed by atoms with van der Waals surface area (Å²) in [7, 11) is 0. The van der Waals surface area contributed by atoms with Crippen LogP contribution in [0.2, 0.25) is 0 Å². The summed E-state index contributed by atoms with van der Waals surface area (Å²) in [5.74, 6) is 0.541. The van der Waals surface area contributed by atoms with E-state index in [-0.39, 0.29) is 11.7 Å². The molecule has 6 heteroatoms. The zero-order valence-corrected chi connectivity index (χ0v) is 8.66. The topological polar surface area (TPSA) is 77.3 Å². The number of nitrogens with zero attached hydrogens (tertiary/aromatic N) is 1. The van der Waals surface area contributed by atoms with E-state index < -0.39 is 0 Å². The fourth-order valence-corrected chi connectivity index (χ4v) is 1.34. The summed E-state index contributed by atoms with van der Waals surface area (Å²) in [6.07, 6.45) is 0. The lowest BCUT2D eigenvalue weighted by Crippen LogP contribution is -2.28. The summed E-state index contributed by atoms with van der Waals surface area (Å²) in [5, 5.41) is 17.3. The number of hydrogen-bond donors (Lipinski definition) is 2. The minimum absolute atomic E-state index is 0.161. The quantitative estimate of drug-likeness (QED) is 0.592. The monoisotopic (exact) mass is 211 g/mol. The first-order valence-corrected chi connectivity index (χ1v) is 4.89. The molecule has 2 heterocycles. The fraction of sp³-hybridized carbons (Fsp3) is 0.444. The molecule has 2 aromatic heterocycles. The van der Waals surface area contributed by atoms with Crippen LogP contribution in [0.25, 0.3) is 11.3 Å². The number of hydrogen-bond acceptors (Lipinski definition) is 5. The number of aromatic nitrogens is 1. The molecule has 0 aliphatic carbocycles. The van der Waals surface area contributed by atoms with Gasteiger partial charge in [-0.3, -0.25) is 0 Å². The van der Waals surface area contributed by atoms with Crippen molar-refractivity contribution in [3.8, 4) is 0 Å². The third kappa shape index (κ3) is 1.58. The Morgan fingerprint density at radius 3 is 2.60 bits per heavy atom. The van der Waals surface area contributed by atoms with Crippen LogP contribution in [0.3, 0.4) is 0 Å². The summed E-state index contributed by atoms with van der Waals surface area (Å²) in [4.78, 5) is 0. The molecule has 0 amide bonds. The lowest BCUT2D eigenvalue weighted by atomic mass is 10.5. The molecule has 0 saturated heterocycles. The van der Waals surface area contributed by atoms with Crippen LogP contribution in [0.15, 0.2) is 14.9 Å². The van der Waals surface area contributed by atoms with Crippen molar-refractivity contribution in [1.82, 2.24) is 0 Å². The highest BCUT2D eigenvalue weighted by Gasteiger charge is 2.19. The molecule has 0 spiro atoms. The van der Waals surface area contributed by atoms with Crippen molar-refractivity contribution >= 4 is 23.2 Å². The van der Waals surface area contributed by atoms with Gasteiger partial charge in [0.25, 0.3) is 0 Å². The molecule has 0 aromatic carbocycles. The molecular weight excluding hydrogens is 198 g/mol. The van der Waals surface area contributed by atoms with Crippen LogP contribution in [-0.2, 0) is 0 Å². The Hall–Kier alpha value is -1.85. The number of oxazole rings is 1. The van der Waals surface area contributed by atoms with Crippen molar-refractivity contribution in [2.24, 2.45) is 0 Å². The zero-order chi connectivity index (χ0) is 10.8. The van der Waals surface area contributed by atoms with E-state index in [0.717, 1.165) is 6.54 Å². The average Bonchev–Trinajstić information content (AvgIpc) is 2.70. The van der Waals surface area contributed by atoms with Crippen molar-refractivity contribution in [3.05, 3.63) is 11.3 Å². The molecule has 0 aliphatic rings. The van der Waals surface area contributed by atoms with Gasteiger partial charge in [0, 0.05) is 12.6 Å². The van der Waals surface area contributed by atoms with Gasteiger partial charge in [0.05, 0.1) is 6.54 Å². The fourth-order valence-electron chi connectivity index (χ4n) is 1.34. The van der Waals surface area contributed by atoms with Crippen LogP contribution in [0.4, 0.5) is 11.9 Å². The third-order valence-electron chi connectivity index (χ3n) is 1.93. The predicted molar refractivity (Wildman–Crippen MR) is 55.8 cm³/mol. The summed E-state index contributed by atoms with van der Waals surface area (Å²) in [5.41, 5.74) is 0.624. The number of nitrogens with one attached hydrogen (secondary N) is 2. The highest BCUT2D eigenvalue weighted by atomic mass is 16.5. The maximum Gasteiger partial charge on any atom is 0.461 e. The maximum atomic E-state index is 11.6. The standard InChI is InChI=1S/C9H13N3O3/c1-3-10-7-5-6-8(15-7)12(13)9(14-6)11-4-2/h5,10-11H,3-4H2,1-2H3. The summed E-state index contributed by atoms with van der Waals surface area (Å²) in [6, 6.07) is 1.82. The Morgan fingerprint density at radius 1 is 1.27 bits per heavy atom. The van der Waals surface area contributed by atoms with Gasteiger partial charge in [0.2, 0.25) is 11.5 Å². The number of anilines is 2. The third-order valence-corrected chi connectivity index (χ3v) is 1.93. The Kier molecular flexibility index (Phi) is 2.40. The van der Waals surface area contributed by atoms with Crippen molar-refractivity contribution in [2.45, 2.75) is 13.8 Å². The van der Waals surface area contributed by atoms with Crippen LogP contribution in [0.1, 0.15) is 13.8 Å². The van der Waals surface area contributed by atoms with Gasteiger partial charge in [-0.05, 0) is 13.8 Å². The van der Waals surface area contributed by atoms with Gasteiger partial charge in [-0.1, -0.05) is 0 Å². The van der Waals surface area contributed by atoms with Gasteiger partial charge in [0.15, 0.2) is 0 Å². The first-order valence-electron chi connectivity index (χ1n) is 4.89. The Bertz CT molecular complexity index is 460. The summed E-state index contributed by atoms with van der Waals surface area (Å²) < 4.78 is 11.2. The van der Waals surface area contributed by atoms with Gasteiger partial charge >= 0.3 is 11.7 Å². The average molecular weight is 211 g/mol. The van der Waals surface area contributed by atoms with E-state index in [2.05, 4.69) is 10.6 Å². The normalized spacial score (nSPS) is 10.8. The van der Waals surface area contributed by atoms with E-state index in [9.17, 15) is 5.21 Å². The van der Waals surface area contributed by atoms with Crippen LogP contribution < -0.4 is 15.4 Å². The molecule has 0 fully saturated rings. The van der Waals surface area contributed by atoms with E-state index in [1.54, 1.807) is 6.07 Å². The molecule has 2 aromatic rings. The summed E-state index contributed by atoms with van der Waals surface area (Å²) in [6.45, 7) is 5.18. The van der Waals surface area contributed by atoms with Crippen LogP contribution in [0, 0.1) is 5.21 Å². The highest BCUT2D eigenvalue weighted by Crippen LogP contribution is 2.23. The van der Waals surface area contributed by atoms with Gasteiger partial charge in [-0.2, -0.15) is 4.73 Å². The second-order valence-corrected chi connectivity index (χ2v) is 3.04. The molecule has 82 valence electrons. The zero-order valence-electron chi connectivity index (χ0n) is 8.66. The molecule has 0 aliphatic heterocycles. The number of rotatable bonds is 4. The van der Waals surface area contributed by atoms with Crippen molar-refractivity contribution in [3.63, 3.8) is 0 Å². The molecule has 0 saturated carbocycles. The molecule has 15 heavy (non-hydrogen) atoms. The number of furan rings is 1. The van der Waals surface area contributed by atoms with Crippen LogP contribution in [-0.4, -0.2) is 13.1 Å². The maximum absolute atomic E-state index is 11.6. The van der Waals surface area contributed by atoms with E-state index >= 15 is 0 Å². The first-order chi connectivity index (χ1) is 7.26. The van der Waals surface area contributed by atoms with Gasteiger partial charge < -0.3 is 19.4 Å². The molecule has 6 nitrogen and oxygen atoms in total. The minimum atomic E-state index is 0.161. The second kappa shape index (κ2) is 3.72. The van der Waals surface area contributed by atoms with E-state index in [1.807, 2.05) is 13.8 Å². The molecular formula is C9H13N3O3. The highest BCUT2D eigenvalue weighted by molar-refractivity contribution is 5.69. The van der Waals surface area contributed by atoms with Crippen LogP contribution >= 0.6 is 0 Å². The Morgan fingerprint density at radius 2 is 2.00 bits per heavy atom. The predicted octanol–water partition coefficient (Wildman–Crippen LogP) is 1.52. The molecule has 2 rings (SSSR count). The SMILES string of the molecule is CCNc1cc2oc(NCC)[n+]([O-])c2o1. The number of fused-ring (bicyclic) bond motifs is 1. The molecule has 2 N–H and O–H groups in total. The Labute approximate surface area is 86.4 Å². The van der Waals surface area contributed by atoms with Crippen molar-refractivity contribution in [2.75, 3.05) is 23.7 Å². The summed E-state index contributed by atoms with van der Waals surface area (Å²) >= 11 is 0. The molecule has 0 atom stereocenters. The van der Waals surface area contributed by atoms with Crippen molar-refractivity contribution < 1.29 is 13.6 Å². The molecule has 0 bridgehead atoms. The lowest BCUT2D eigenvalue weighted by molar-refractivity contribution is -0.573. The smallest absolute Gasteiger partial charge is 0.461 e. The second-order valence-electron chi connectivity index (χ2n) is 3.04. The first kappa shape index (κ1) is 9.70. The largest absolute Gasteiger partial charge is 0.706 e.